The maximum Gasteiger partial charge on any atom is 0.272 e. The average molecular weight is 364 g/mol. The fourth-order valence-corrected chi connectivity index (χ4v) is 2.83. The minimum absolute atomic E-state index is 0.175. The number of carbonyl (C=O) groups excluding carboxylic acids is 1. The molecular formula is C17H12N6O2S. The quantitative estimate of drug-likeness (QED) is 0.580. The van der Waals surface area contributed by atoms with Gasteiger partial charge in [0.05, 0.1) is 35.8 Å². The molecule has 1 amide bonds. The molecular weight excluding hydrogens is 352 g/mol. The smallest absolute Gasteiger partial charge is 0.272 e. The molecule has 0 aromatic carbocycles. The van der Waals surface area contributed by atoms with Crippen LogP contribution in [0.1, 0.15) is 16.2 Å². The molecule has 128 valence electrons. The zero-order chi connectivity index (χ0) is 17.8. The number of amides is 1. The molecule has 0 unspecified atom stereocenters. The van der Waals surface area contributed by atoms with E-state index in [0.29, 0.717) is 29.5 Å². The number of thiazole rings is 1. The monoisotopic (exact) mass is 364 g/mol. The fraction of sp³-hybridized carbons (Fsp3) is 0.0588. The second-order valence-electron chi connectivity index (χ2n) is 5.17. The molecule has 0 bridgehead atoms. The molecule has 9 heteroatoms. The lowest BCUT2D eigenvalue weighted by molar-refractivity contribution is 0.0946. The molecule has 0 saturated heterocycles. The molecule has 0 aliphatic rings. The van der Waals surface area contributed by atoms with Gasteiger partial charge in [0.2, 0.25) is 5.89 Å². The topological polar surface area (TPSA) is 107 Å². The summed E-state index contributed by atoms with van der Waals surface area (Å²) in [5.74, 6) is -0.0331. The van der Waals surface area contributed by atoms with E-state index in [4.69, 9.17) is 4.42 Å². The van der Waals surface area contributed by atoms with Crippen molar-refractivity contribution in [3.8, 4) is 23.0 Å². The van der Waals surface area contributed by atoms with Crippen molar-refractivity contribution < 1.29 is 9.21 Å². The number of carbonyl (C=O) groups is 1. The third-order valence-corrected chi connectivity index (χ3v) is 4.10. The van der Waals surface area contributed by atoms with E-state index in [1.165, 1.54) is 30.0 Å². The first kappa shape index (κ1) is 16.0. The summed E-state index contributed by atoms with van der Waals surface area (Å²) in [4.78, 5) is 33.9. The Morgan fingerprint density at radius 3 is 2.81 bits per heavy atom. The molecule has 1 N–H and O–H groups in total. The standard InChI is InChI=1S/C17H12N6O2S/c24-16(21-7-11-9-26-10-22-11)15-14(12-3-1-2-4-18-12)23-13(8-20-15)17-19-5-6-25-17/h1-6,8-10H,7H2,(H,21,24). The highest BCUT2D eigenvalue weighted by atomic mass is 32.1. The third kappa shape index (κ3) is 3.33. The lowest BCUT2D eigenvalue weighted by Crippen LogP contribution is -2.25. The number of hydrogen-bond donors (Lipinski definition) is 1. The van der Waals surface area contributed by atoms with Crippen molar-refractivity contribution in [2.24, 2.45) is 0 Å². The van der Waals surface area contributed by atoms with E-state index in [9.17, 15) is 4.79 Å². The molecule has 0 saturated carbocycles. The maximum absolute atomic E-state index is 12.6. The van der Waals surface area contributed by atoms with Crippen LogP contribution in [0.4, 0.5) is 0 Å². The zero-order valence-electron chi connectivity index (χ0n) is 13.4. The normalized spacial score (nSPS) is 10.6. The van der Waals surface area contributed by atoms with Gasteiger partial charge in [-0.3, -0.25) is 9.78 Å². The van der Waals surface area contributed by atoms with Gasteiger partial charge in [0.1, 0.15) is 17.7 Å². The largest absolute Gasteiger partial charge is 0.443 e. The predicted molar refractivity (Wildman–Crippen MR) is 94.0 cm³/mol. The van der Waals surface area contributed by atoms with E-state index in [0.717, 1.165) is 5.69 Å². The molecule has 0 aliphatic carbocycles. The van der Waals surface area contributed by atoms with Crippen molar-refractivity contribution in [3.63, 3.8) is 0 Å². The molecule has 4 heterocycles. The Morgan fingerprint density at radius 1 is 1.12 bits per heavy atom. The highest BCUT2D eigenvalue weighted by molar-refractivity contribution is 7.07. The number of pyridine rings is 1. The van der Waals surface area contributed by atoms with Crippen LogP contribution in [-0.4, -0.2) is 30.8 Å². The van der Waals surface area contributed by atoms with Crippen LogP contribution in [0.15, 0.2) is 58.4 Å². The number of rotatable bonds is 5. The van der Waals surface area contributed by atoms with Crippen LogP contribution in [0, 0.1) is 0 Å². The van der Waals surface area contributed by atoms with Crippen LogP contribution in [0.2, 0.25) is 0 Å². The van der Waals surface area contributed by atoms with Crippen molar-refractivity contribution in [1.29, 1.82) is 0 Å². The summed E-state index contributed by atoms with van der Waals surface area (Å²) >= 11 is 1.47. The first-order valence-electron chi connectivity index (χ1n) is 7.65. The van der Waals surface area contributed by atoms with E-state index in [2.05, 4.69) is 30.2 Å². The summed E-state index contributed by atoms with van der Waals surface area (Å²) in [7, 11) is 0. The van der Waals surface area contributed by atoms with E-state index in [1.807, 2.05) is 11.4 Å². The first-order valence-corrected chi connectivity index (χ1v) is 8.59. The summed E-state index contributed by atoms with van der Waals surface area (Å²) < 4.78 is 5.27. The number of nitrogens with one attached hydrogen (secondary N) is 1. The summed E-state index contributed by atoms with van der Waals surface area (Å²) in [5.41, 5.74) is 3.99. The van der Waals surface area contributed by atoms with Gasteiger partial charge in [-0.05, 0) is 12.1 Å². The molecule has 4 aromatic rings. The highest BCUT2D eigenvalue weighted by Gasteiger charge is 2.19. The average Bonchev–Trinajstić information content (AvgIpc) is 3.40. The van der Waals surface area contributed by atoms with E-state index >= 15 is 0 Å². The predicted octanol–water partition coefficient (Wildman–Crippen LogP) is 2.58. The van der Waals surface area contributed by atoms with Gasteiger partial charge in [0.25, 0.3) is 5.91 Å². The zero-order valence-corrected chi connectivity index (χ0v) is 14.2. The number of oxazole rings is 1. The van der Waals surface area contributed by atoms with Gasteiger partial charge in [-0.25, -0.2) is 19.9 Å². The summed E-state index contributed by atoms with van der Waals surface area (Å²) in [6.07, 6.45) is 6.06. The Bertz CT molecular complexity index is 1000. The Balaban J connectivity index is 1.70. The molecule has 26 heavy (non-hydrogen) atoms. The van der Waals surface area contributed by atoms with Crippen molar-refractivity contribution in [2.45, 2.75) is 6.54 Å². The van der Waals surface area contributed by atoms with Crippen LogP contribution in [-0.2, 0) is 6.54 Å². The molecule has 0 atom stereocenters. The molecule has 0 aliphatic heterocycles. The first-order chi connectivity index (χ1) is 12.8. The van der Waals surface area contributed by atoms with E-state index < -0.39 is 0 Å². The van der Waals surface area contributed by atoms with Crippen LogP contribution in [0.5, 0.6) is 0 Å². The Kier molecular flexibility index (Phi) is 4.44. The lowest BCUT2D eigenvalue weighted by Gasteiger charge is -2.09. The van der Waals surface area contributed by atoms with Crippen LogP contribution in [0.25, 0.3) is 23.0 Å². The molecule has 4 rings (SSSR count). The summed E-state index contributed by atoms with van der Waals surface area (Å²) in [5, 5.41) is 4.67. The summed E-state index contributed by atoms with van der Waals surface area (Å²) in [6, 6.07) is 5.37. The number of aromatic nitrogens is 5. The number of hydrogen-bond acceptors (Lipinski definition) is 8. The molecule has 0 fully saturated rings. The second kappa shape index (κ2) is 7.19. The van der Waals surface area contributed by atoms with Crippen LogP contribution in [0.3, 0.4) is 0 Å². The Hall–Kier alpha value is -3.46. The van der Waals surface area contributed by atoms with Crippen molar-refractivity contribution >= 4 is 17.2 Å². The van der Waals surface area contributed by atoms with E-state index in [-0.39, 0.29) is 11.6 Å². The van der Waals surface area contributed by atoms with Crippen LogP contribution < -0.4 is 5.32 Å². The molecule has 0 radical (unpaired) electrons. The van der Waals surface area contributed by atoms with Crippen molar-refractivity contribution in [2.75, 3.05) is 0 Å². The minimum Gasteiger partial charge on any atom is -0.443 e. The van der Waals surface area contributed by atoms with Gasteiger partial charge >= 0.3 is 0 Å². The Labute approximate surface area is 152 Å². The van der Waals surface area contributed by atoms with Crippen molar-refractivity contribution in [3.05, 3.63) is 65.3 Å². The van der Waals surface area contributed by atoms with E-state index in [1.54, 1.807) is 23.8 Å². The summed E-state index contributed by atoms with van der Waals surface area (Å²) in [6.45, 7) is 0.313. The van der Waals surface area contributed by atoms with Gasteiger partial charge in [-0.1, -0.05) is 6.07 Å². The minimum atomic E-state index is -0.356. The second-order valence-corrected chi connectivity index (χ2v) is 5.89. The SMILES string of the molecule is O=C(NCc1cscn1)c1ncc(-c2ncco2)nc1-c1ccccn1. The molecule has 0 spiro atoms. The highest BCUT2D eigenvalue weighted by Crippen LogP contribution is 2.22. The van der Waals surface area contributed by atoms with Gasteiger partial charge in [-0.2, -0.15) is 0 Å². The van der Waals surface area contributed by atoms with Gasteiger partial charge in [0, 0.05) is 11.6 Å². The van der Waals surface area contributed by atoms with Crippen LogP contribution >= 0.6 is 11.3 Å². The lowest BCUT2D eigenvalue weighted by atomic mass is 10.2. The van der Waals surface area contributed by atoms with Gasteiger partial charge in [-0.15, -0.1) is 11.3 Å². The molecule has 4 aromatic heterocycles. The van der Waals surface area contributed by atoms with Gasteiger partial charge in [0.15, 0.2) is 5.69 Å². The maximum atomic E-state index is 12.6. The Morgan fingerprint density at radius 2 is 2.08 bits per heavy atom. The van der Waals surface area contributed by atoms with Gasteiger partial charge < -0.3 is 9.73 Å². The third-order valence-electron chi connectivity index (χ3n) is 3.46. The van der Waals surface area contributed by atoms with Crippen molar-refractivity contribution in [1.82, 2.24) is 30.2 Å². The fourth-order valence-electron chi connectivity index (χ4n) is 2.27. The molecule has 8 nitrogen and oxygen atoms in total. The number of nitrogens with zero attached hydrogens (tertiary/aromatic N) is 5.